The van der Waals surface area contributed by atoms with Crippen molar-refractivity contribution >= 4 is 17.3 Å². The first-order valence-electron chi connectivity index (χ1n) is 11.0. The Morgan fingerprint density at radius 2 is 2.03 bits per heavy atom. The number of nitrogens with zero attached hydrogens (tertiary/aromatic N) is 2. The van der Waals surface area contributed by atoms with Gasteiger partial charge in [0.15, 0.2) is 5.96 Å². The molecule has 1 aliphatic heterocycles. The fraction of sp³-hybridized carbons (Fsp3) is 0.636. The molecule has 0 amide bonds. The second kappa shape index (κ2) is 10.8. The zero-order chi connectivity index (χ0) is 19.7. The van der Waals surface area contributed by atoms with E-state index in [-0.39, 0.29) is 6.10 Å². The van der Waals surface area contributed by atoms with Gasteiger partial charge in [-0.3, -0.25) is 4.99 Å². The van der Waals surface area contributed by atoms with Gasteiger partial charge in [0.05, 0.1) is 29.6 Å². The van der Waals surface area contributed by atoms with Crippen LogP contribution in [0.25, 0.3) is 0 Å². The van der Waals surface area contributed by atoms with Crippen molar-refractivity contribution in [2.75, 3.05) is 26.2 Å². The van der Waals surface area contributed by atoms with E-state index in [9.17, 15) is 0 Å². The molecular formula is C22H32N4O2S. The van der Waals surface area contributed by atoms with Gasteiger partial charge < -0.3 is 19.8 Å². The Hall–Kier alpha value is -1.86. The SMILES string of the molecule is c1coc(CCNC(=NCC2CCCCO2)NCCc2nc3c(s2)CCCC3)c1. The van der Waals surface area contributed by atoms with Gasteiger partial charge >= 0.3 is 0 Å². The smallest absolute Gasteiger partial charge is 0.191 e. The predicted molar refractivity (Wildman–Crippen MR) is 117 cm³/mol. The molecule has 1 saturated heterocycles. The lowest BCUT2D eigenvalue weighted by molar-refractivity contribution is 0.0224. The molecule has 6 nitrogen and oxygen atoms in total. The van der Waals surface area contributed by atoms with Crippen molar-refractivity contribution in [1.82, 2.24) is 15.6 Å². The van der Waals surface area contributed by atoms with E-state index >= 15 is 0 Å². The third kappa shape index (κ3) is 6.31. The Balaban J connectivity index is 1.27. The van der Waals surface area contributed by atoms with Crippen LogP contribution in [0.15, 0.2) is 27.8 Å². The van der Waals surface area contributed by atoms with Crippen LogP contribution in [-0.2, 0) is 30.4 Å². The van der Waals surface area contributed by atoms with Crippen molar-refractivity contribution in [3.8, 4) is 0 Å². The third-order valence-electron chi connectivity index (χ3n) is 5.49. The monoisotopic (exact) mass is 416 g/mol. The number of rotatable bonds is 8. The molecule has 1 aliphatic carbocycles. The van der Waals surface area contributed by atoms with Crippen molar-refractivity contribution in [2.45, 2.75) is 63.9 Å². The Labute approximate surface area is 177 Å². The Bertz CT molecular complexity index is 742. The summed E-state index contributed by atoms with van der Waals surface area (Å²) in [6.07, 6.45) is 12.2. The summed E-state index contributed by atoms with van der Waals surface area (Å²) in [6.45, 7) is 3.20. The highest BCUT2D eigenvalue weighted by molar-refractivity contribution is 7.11. The molecule has 29 heavy (non-hydrogen) atoms. The number of aliphatic imine (C=N–C) groups is 1. The number of aromatic nitrogens is 1. The summed E-state index contributed by atoms with van der Waals surface area (Å²) >= 11 is 1.90. The van der Waals surface area contributed by atoms with Crippen molar-refractivity contribution in [2.24, 2.45) is 4.99 Å². The van der Waals surface area contributed by atoms with Gasteiger partial charge in [-0.1, -0.05) is 0 Å². The Morgan fingerprint density at radius 3 is 2.83 bits per heavy atom. The van der Waals surface area contributed by atoms with Gasteiger partial charge in [0.25, 0.3) is 0 Å². The number of aryl methyl sites for hydroxylation is 2. The maximum Gasteiger partial charge on any atom is 0.191 e. The van der Waals surface area contributed by atoms with E-state index in [4.69, 9.17) is 19.1 Å². The molecule has 158 valence electrons. The average molecular weight is 417 g/mol. The molecule has 7 heteroatoms. The fourth-order valence-corrected chi connectivity index (χ4v) is 5.03. The van der Waals surface area contributed by atoms with Crippen LogP contribution in [0.2, 0.25) is 0 Å². The second-order valence-electron chi connectivity index (χ2n) is 7.80. The van der Waals surface area contributed by atoms with Crippen LogP contribution in [0, 0.1) is 0 Å². The minimum absolute atomic E-state index is 0.248. The lowest BCUT2D eigenvalue weighted by Crippen LogP contribution is -2.40. The molecule has 0 bridgehead atoms. The standard InChI is InChI=1S/C22H32N4O2S/c1-2-9-20-19(8-1)26-21(29-20)11-13-24-22(23-12-10-17-7-5-15-27-17)25-16-18-6-3-4-14-28-18/h5,7,15,18H,1-4,6,8-14,16H2,(H2,23,24,25). The molecule has 0 aromatic carbocycles. The van der Waals surface area contributed by atoms with Gasteiger partial charge in [-0.2, -0.15) is 0 Å². The van der Waals surface area contributed by atoms with Gasteiger partial charge in [0.2, 0.25) is 0 Å². The highest BCUT2D eigenvalue weighted by atomic mass is 32.1. The zero-order valence-electron chi connectivity index (χ0n) is 17.1. The number of hydrogen-bond acceptors (Lipinski definition) is 5. The maximum absolute atomic E-state index is 5.83. The molecule has 3 heterocycles. The quantitative estimate of drug-likeness (QED) is 0.509. The van der Waals surface area contributed by atoms with E-state index in [0.29, 0.717) is 6.54 Å². The summed E-state index contributed by atoms with van der Waals surface area (Å²) in [5, 5.41) is 8.17. The Kier molecular flexibility index (Phi) is 7.59. The lowest BCUT2D eigenvalue weighted by atomic mass is 10.0. The van der Waals surface area contributed by atoms with Crippen LogP contribution in [-0.4, -0.2) is 43.3 Å². The van der Waals surface area contributed by atoms with Gasteiger partial charge in [-0.15, -0.1) is 11.3 Å². The van der Waals surface area contributed by atoms with Crippen LogP contribution in [0.1, 0.15) is 53.4 Å². The largest absolute Gasteiger partial charge is 0.469 e. The van der Waals surface area contributed by atoms with E-state index < -0.39 is 0 Å². The van der Waals surface area contributed by atoms with Gasteiger partial charge in [-0.25, -0.2) is 4.98 Å². The number of ether oxygens (including phenoxy) is 1. The molecule has 2 aliphatic rings. The molecule has 0 spiro atoms. The van der Waals surface area contributed by atoms with Crippen LogP contribution in [0.4, 0.5) is 0 Å². The van der Waals surface area contributed by atoms with Gasteiger partial charge in [-0.05, 0) is 57.1 Å². The molecule has 0 saturated carbocycles. The highest BCUT2D eigenvalue weighted by Gasteiger charge is 2.15. The molecule has 2 N–H and O–H groups in total. The minimum atomic E-state index is 0.248. The maximum atomic E-state index is 5.83. The predicted octanol–water partition coefficient (Wildman–Crippen LogP) is 3.50. The van der Waals surface area contributed by atoms with Crippen molar-refractivity contribution in [3.05, 3.63) is 39.7 Å². The minimum Gasteiger partial charge on any atom is -0.469 e. The van der Waals surface area contributed by atoms with E-state index in [1.54, 1.807) is 6.26 Å². The van der Waals surface area contributed by atoms with E-state index in [2.05, 4.69) is 10.6 Å². The Morgan fingerprint density at radius 1 is 1.14 bits per heavy atom. The summed E-state index contributed by atoms with van der Waals surface area (Å²) in [5.74, 6) is 1.84. The molecule has 4 rings (SSSR count). The van der Waals surface area contributed by atoms with Crippen molar-refractivity contribution < 1.29 is 9.15 Å². The first-order valence-corrected chi connectivity index (χ1v) is 11.8. The number of hydrogen-bond donors (Lipinski definition) is 2. The first-order chi connectivity index (χ1) is 14.4. The van der Waals surface area contributed by atoms with E-state index in [1.165, 1.54) is 47.7 Å². The summed E-state index contributed by atoms with van der Waals surface area (Å²) in [4.78, 5) is 11.1. The third-order valence-corrected chi connectivity index (χ3v) is 6.71. The van der Waals surface area contributed by atoms with Crippen molar-refractivity contribution in [1.29, 1.82) is 0 Å². The summed E-state index contributed by atoms with van der Waals surface area (Å²) in [5.41, 5.74) is 1.34. The van der Waals surface area contributed by atoms with Crippen LogP contribution in [0.5, 0.6) is 0 Å². The first kappa shape index (κ1) is 20.4. The fourth-order valence-electron chi connectivity index (χ4n) is 3.88. The van der Waals surface area contributed by atoms with Crippen molar-refractivity contribution in [3.63, 3.8) is 0 Å². The summed E-state index contributed by atoms with van der Waals surface area (Å²) < 4.78 is 11.2. The van der Waals surface area contributed by atoms with Crippen LogP contribution < -0.4 is 10.6 Å². The molecule has 1 atom stereocenters. The molecule has 2 aromatic heterocycles. The number of nitrogens with one attached hydrogen (secondary N) is 2. The van der Waals surface area contributed by atoms with E-state index in [0.717, 1.165) is 57.1 Å². The zero-order valence-corrected chi connectivity index (χ0v) is 17.9. The second-order valence-corrected chi connectivity index (χ2v) is 8.96. The summed E-state index contributed by atoms with van der Waals surface area (Å²) in [7, 11) is 0. The number of fused-ring (bicyclic) bond motifs is 1. The molecular weight excluding hydrogens is 384 g/mol. The number of guanidine groups is 1. The van der Waals surface area contributed by atoms with Gasteiger partial charge in [0.1, 0.15) is 5.76 Å². The highest BCUT2D eigenvalue weighted by Crippen LogP contribution is 2.26. The topological polar surface area (TPSA) is 71.7 Å². The number of thiazole rings is 1. The molecule has 2 aromatic rings. The molecule has 1 fully saturated rings. The van der Waals surface area contributed by atoms with Gasteiger partial charge in [0, 0.05) is 37.4 Å². The normalized spacial score (nSPS) is 19.7. The lowest BCUT2D eigenvalue weighted by Gasteiger charge is -2.21. The number of furan rings is 1. The summed E-state index contributed by atoms with van der Waals surface area (Å²) in [6, 6.07) is 3.93. The van der Waals surface area contributed by atoms with E-state index in [1.807, 2.05) is 23.5 Å². The van der Waals surface area contributed by atoms with Crippen LogP contribution >= 0.6 is 11.3 Å². The van der Waals surface area contributed by atoms with Crippen LogP contribution in [0.3, 0.4) is 0 Å². The average Bonchev–Trinajstić information content (AvgIpc) is 3.41. The molecule has 0 radical (unpaired) electrons. The molecule has 1 unspecified atom stereocenters.